The van der Waals surface area contributed by atoms with E-state index in [0.29, 0.717) is 17.3 Å². The lowest BCUT2D eigenvalue weighted by Crippen LogP contribution is -2.31. The van der Waals surface area contributed by atoms with E-state index in [0.717, 1.165) is 25.6 Å². The van der Waals surface area contributed by atoms with Gasteiger partial charge in [-0.25, -0.2) is 0 Å². The van der Waals surface area contributed by atoms with Crippen molar-refractivity contribution in [2.24, 2.45) is 5.41 Å². The van der Waals surface area contributed by atoms with Gasteiger partial charge in [-0.15, -0.1) is 0 Å². The predicted octanol–water partition coefficient (Wildman–Crippen LogP) is 2.12. The molecule has 1 aromatic rings. The average Bonchev–Trinajstić information content (AvgIpc) is 3.24. The summed E-state index contributed by atoms with van der Waals surface area (Å²) in [7, 11) is 1.85. The Hall–Kier alpha value is -1.59. The van der Waals surface area contributed by atoms with Crippen LogP contribution in [0.3, 0.4) is 0 Å². The van der Waals surface area contributed by atoms with Crippen LogP contribution in [0.25, 0.3) is 0 Å². The molecule has 0 amide bonds. The van der Waals surface area contributed by atoms with Crippen LogP contribution < -0.4 is 15.5 Å². The molecular weight excluding hydrogens is 252 g/mol. The van der Waals surface area contributed by atoms with E-state index in [1.165, 1.54) is 32.1 Å². The Morgan fingerprint density at radius 3 is 2.40 bits per heavy atom. The van der Waals surface area contributed by atoms with E-state index in [1.807, 2.05) is 7.05 Å². The van der Waals surface area contributed by atoms with Crippen LogP contribution in [0.5, 0.6) is 0 Å². The molecule has 20 heavy (non-hydrogen) atoms. The summed E-state index contributed by atoms with van der Waals surface area (Å²) in [6.07, 6.45) is 6.35. The number of anilines is 3. The van der Waals surface area contributed by atoms with E-state index in [1.54, 1.807) is 0 Å². The zero-order chi connectivity index (χ0) is 14.0. The third kappa shape index (κ3) is 3.11. The Morgan fingerprint density at radius 1 is 1.05 bits per heavy atom. The Balaban J connectivity index is 1.74. The smallest absolute Gasteiger partial charge is 0.231 e. The number of hydrogen-bond donors (Lipinski definition) is 2. The van der Waals surface area contributed by atoms with Gasteiger partial charge >= 0.3 is 0 Å². The highest BCUT2D eigenvalue weighted by atomic mass is 15.3. The molecule has 0 radical (unpaired) electrons. The summed E-state index contributed by atoms with van der Waals surface area (Å²) in [5, 5.41) is 6.40. The van der Waals surface area contributed by atoms with Gasteiger partial charge in [0.2, 0.25) is 17.8 Å². The molecule has 0 atom stereocenters. The Morgan fingerprint density at radius 2 is 1.75 bits per heavy atom. The minimum atomic E-state index is 0.442. The van der Waals surface area contributed by atoms with Gasteiger partial charge < -0.3 is 15.5 Å². The third-order valence-corrected chi connectivity index (χ3v) is 4.26. The van der Waals surface area contributed by atoms with Crippen LogP contribution in [0.15, 0.2) is 0 Å². The second-order valence-corrected chi connectivity index (χ2v) is 6.24. The highest BCUT2D eigenvalue weighted by molar-refractivity contribution is 5.44. The standard InChI is InChI=1S/C14H24N6/c1-14(6-7-14)10-16-12-17-11(15-2)18-13(19-12)20-8-4-3-5-9-20/h3-10H2,1-2H3,(H2,15,16,17,18,19). The summed E-state index contributed by atoms with van der Waals surface area (Å²) in [5.41, 5.74) is 0.442. The molecule has 3 rings (SSSR count). The molecule has 1 aromatic heterocycles. The Labute approximate surface area is 120 Å². The van der Waals surface area contributed by atoms with Gasteiger partial charge in [0.15, 0.2) is 0 Å². The molecule has 1 aliphatic heterocycles. The molecule has 110 valence electrons. The van der Waals surface area contributed by atoms with Crippen LogP contribution in [0.2, 0.25) is 0 Å². The molecule has 1 saturated carbocycles. The number of nitrogens with one attached hydrogen (secondary N) is 2. The van der Waals surface area contributed by atoms with Crippen molar-refractivity contribution in [1.82, 2.24) is 15.0 Å². The maximum atomic E-state index is 4.59. The van der Waals surface area contributed by atoms with Crippen LogP contribution in [0.4, 0.5) is 17.8 Å². The maximum Gasteiger partial charge on any atom is 0.231 e. The SMILES string of the molecule is CNc1nc(NCC2(C)CC2)nc(N2CCCCC2)n1. The summed E-state index contributed by atoms with van der Waals surface area (Å²) in [6.45, 7) is 5.33. The summed E-state index contributed by atoms with van der Waals surface area (Å²) in [5.74, 6) is 2.13. The average molecular weight is 276 g/mol. The number of nitrogens with zero attached hydrogens (tertiary/aromatic N) is 4. The van der Waals surface area contributed by atoms with Gasteiger partial charge in [0, 0.05) is 26.7 Å². The molecule has 0 bridgehead atoms. The molecule has 1 aliphatic carbocycles. The number of rotatable bonds is 5. The van der Waals surface area contributed by atoms with E-state index in [4.69, 9.17) is 0 Å². The largest absolute Gasteiger partial charge is 0.357 e. The lowest BCUT2D eigenvalue weighted by Gasteiger charge is -2.27. The zero-order valence-corrected chi connectivity index (χ0v) is 12.4. The van der Waals surface area contributed by atoms with Gasteiger partial charge in [-0.05, 0) is 37.5 Å². The van der Waals surface area contributed by atoms with Gasteiger partial charge in [0.05, 0.1) is 0 Å². The Bertz CT molecular complexity index is 465. The van der Waals surface area contributed by atoms with Crippen LogP contribution in [0.1, 0.15) is 39.0 Å². The molecule has 0 aromatic carbocycles. The van der Waals surface area contributed by atoms with Gasteiger partial charge in [-0.1, -0.05) is 6.92 Å². The number of hydrogen-bond acceptors (Lipinski definition) is 6. The number of piperidine rings is 1. The van der Waals surface area contributed by atoms with Crippen molar-refractivity contribution in [2.45, 2.75) is 39.0 Å². The van der Waals surface area contributed by atoms with Crippen molar-refractivity contribution in [2.75, 3.05) is 42.2 Å². The number of aromatic nitrogens is 3. The van der Waals surface area contributed by atoms with Crippen LogP contribution in [0, 0.1) is 5.41 Å². The van der Waals surface area contributed by atoms with E-state index in [2.05, 4.69) is 37.4 Å². The Kier molecular flexibility index (Phi) is 3.63. The summed E-state index contributed by atoms with van der Waals surface area (Å²) in [6, 6.07) is 0. The lowest BCUT2D eigenvalue weighted by atomic mass is 10.1. The highest BCUT2D eigenvalue weighted by Gasteiger charge is 2.37. The van der Waals surface area contributed by atoms with Crippen LogP contribution >= 0.6 is 0 Å². The predicted molar refractivity (Wildman–Crippen MR) is 81.3 cm³/mol. The second kappa shape index (κ2) is 5.42. The molecule has 6 heteroatoms. The topological polar surface area (TPSA) is 66.0 Å². The molecule has 2 fully saturated rings. The van der Waals surface area contributed by atoms with Crippen molar-refractivity contribution in [1.29, 1.82) is 0 Å². The first kappa shape index (κ1) is 13.4. The van der Waals surface area contributed by atoms with Gasteiger partial charge in [-0.3, -0.25) is 0 Å². The van der Waals surface area contributed by atoms with Crippen molar-refractivity contribution in [3.63, 3.8) is 0 Å². The molecule has 2 aliphatic rings. The minimum absolute atomic E-state index is 0.442. The molecule has 0 spiro atoms. The molecule has 2 N–H and O–H groups in total. The van der Waals surface area contributed by atoms with Gasteiger partial charge in [0.25, 0.3) is 0 Å². The summed E-state index contributed by atoms with van der Waals surface area (Å²) >= 11 is 0. The summed E-state index contributed by atoms with van der Waals surface area (Å²) in [4.78, 5) is 15.7. The van der Waals surface area contributed by atoms with Crippen molar-refractivity contribution < 1.29 is 0 Å². The maximum absolute atomic E-state index is 4.59. The first-order chi connectivity index (χ1) is 9.68. The second-order valence-electron chi connectivity index (χ2n) is 6.24. The fraction of sp³-hybridized carbons (Fsp3) is 0.786. The van der Waals surface area contributed by atoms with Gasteiger partial charge in [0.1, 0.15) is 0 Å². The molecule has 2 heterocycles. The normalized spacial score (nSPS) is 20.6. The van der Waals surface area contributed by atoms with Crippen LogP contribution in [-0.4, -0.2) is 41.6 Å². The van der Waals surface area contributed by atoms with E-state index < -0.39 is 0 Å². The fourth-order valence-electron chi connectivity index (χ4n) is 2.47. The van der Waals surface area contributed by atoms with E-state index in [-0.39, 0.29) is 0 Å². The highest BCUT2D eigenvalue weighted by Crippen LogP contribution is 2.44. The van der Waals surface area contributed by atoms with Crippen molar-refractivity contribution >= 4 is 17.8 Å². The van der Waals surface area contributed by atoms with Gasteiger partial charge in [-0.2, -0.15) is 15.0 Å². The molecule has 0 unspecified atom stereocenters. The third-order valence-electron chi connectivity index (χ3n) is 4.26. The first-order valence-corrected chi connectivity index (χ1v) is 7.61. The lowest BCUT2D eigenvalue weighted by molar-refractivity contribution is 0.567. The molecular formula is C14H24N6. The fourth-order valence-corrected chi connectivity index (χ4v) is 2.47. The monoisotopic (exact) mass is 276 g/mol. The zero-order valence-electron chi connectivity index (χ0n) is 12.4. The molecule has 6 nitrogen and oxygen atoms in total. The first-order valence-electron chi connectivity index (χ1n) is 7.61. The van der Waals surface area contributed by atoms with Crippen LogP contribution in [-0.2, 0) is 0 Å². The van der Waals surface area contributed by atoms with E-state index in [9.17, 15) is 0 Å². The van der Waals surface area contributed by atoms with Crippen molar-refractivity contribution in [3.05, 3.63) is 0 Å². The summed E-state index contributed by atoms with van der Waals surface area (Å²) < 4.78 is 0. The quantitative estimate of drug-likeness (QED) is 0.858. The van der Waals surface area contributed by atoms with E-state index >= 15 is 0 Å². The molecule has 1 saturated heterocycles. The van der Waals surface area contributed by atoms with Crippen molar-refractivity contribution in [3.8, 4) is 0 Å². The minimum Gasteiger partial charge on any atom is -0.357 e.